The molecule has 0 spiro atoms. The molecule has 0 amide bonds. The Hall–Kier alpha value is -0.0800. The first-order valence-corrected chi connectivity index (χ1v) is 6.90. The highest BCUT2D eigenvalue weighted by Crippen LogP contribution is 2.27. The Kier molecular flexibility index (Phi) is 8.96. The lowest BCUT2D eigenvalue weighted by Crippen LogP contribution is -2.26. The fourth-order valence-electron chi connectivity index (χ4n) is 1.52. The molecule has 0 aliphatic carbocycles. The van der Waals surface area contributed by atoms with Gasteiger partial charge >= 0.3 is 0 Å². The van der Waals surface area contributed by atoms with E-state index in [4.69, 9.17) is 0 Å². The Morgan fingerprint density at radius 1 is 0.938 bits per heavy atom. The van der Waals surface area contributed by atoms with Gasteiger partial charge in [0.1, 0.15) is 0 Å². The number of rotatable bonds is 9. The molecule has 98 valence electrons. The number of hydrogen-bond acceptors (Lipinski definition) is 2. The Balaban J connectivity index is 3.21. The summed E-state index contributed by atoms with van der Waals surface area (Å²) in [7, 11) is 0. The minimum absolute atomic E-state index is 0.449. The maximum atomic E-state index is 3.53. The second-order valence-corrected chi connectivity index (χ2v) is 5.91. The minimum atomic E-state index is 0.449. The first kappa shape index (κ1) is 15.9. The zero-order valence-corrected chi connectivity index (χ0v) is 12.0. The van der Waals surface area contributed by atoms with Crippen LogP contribution in [0.5, 0.6) is 0 Å². The van der Waals surface area contributed by atoms with Gasteiger partial charge in [-0.05, 0) is 56.8 Å². The quantitative estimate of drug-likeness (QED) is 0.593. The average Bonchev–Trinajstić information content (AvgIpc) is 2.20. The van der Waals surface area contributed by atoms with Crippen molar-refractivity contribution in [3.8, 4) is 0 Å². The molecule has 1 atom stereocenters. The van der Waals surface area contributed by atoms with Crippen molar-refractivity contribution in [1.29, 1.82) is 0 Å². The lowest BCUT2D eigenvalue weighted by atomic mass is 9.80. The molecule has 1 unspecified atom stereocenters. The lowest BCUT2D eigenvalue weighted by Gasteiger charge is -2.27. The van der Waals surface area contributed by atoms with Crippen LogP contribution in [-0.4, -0.2) is 26.2 Å². The second-order valence-electron chi connectivity index (χ2n) is 5.91. The standard InChI is InChI=1S/C14H32N2/c1-6-9-15-10-7-11-16-12-8-13(2)14(3,4)5/h13,15-16H,6-12H2,1-5H3. The van der Waals surface area contributed by atoms with Gasteiger partial charge in [-0.2, -0.15) is 0 Å². The van der Waals surface area contributed by atoms with Crippen molar-refractivity contribution in [2.45, 2.75) is 53.9 Å². The molecule has 2 heteroatoms. The van der Waals surface area contributed by atoms with Crippen LogP contribution in [0.4, 0.5) is 0 Å². The molecule has 0 bridgehead atoms. The monoisotopic (exact) mass is 228 g/mol. The van der Waals surface area contributed by atoms with E-state index in [0.29, 0.717) is 5.41 Å². The summed E-state index contributed by atoms with van der Waals surface area (Å²) >= 11 is 0. The van der Waals surface area contributed by atoms with Gasteiger partial charge in [-0.3, -0.25) is 0 Å². The van der Waals surface area contributed by atoms with Crippen LogP contribution >= 0.6 is 0 Å². The highest BCUT2D eigenvalue weighted by molar-refractivity contribution is 4.70. The summed E-state index contributed by atoms with van der Waals surface area (Å²) in [6.45, 7) is 16.1. The van der Waals surface area contributed by atoms with Gasteiger partial charge in [0.25, 0.3) is 0 Å². The van der Waals surface area contributed by atoms with E-state index in [1.807, 2.05) is 0 Å². The van der Waals surface area contributed by atoms with E-state index in [0.717, 1.165) is 32.1 Å². The SMILES string of the molecule is CCCNCCCNCCC(C)C(C)(C)C. The molecule has 0 aromatic heterocycles. The molecule has 0 saturated heterocycles. The zero-order chi connectivity index (χ0) is 12.4. The van der Waals surface area contributed by atoms with Crippen molar-refractivity contribution < 1.29 is 0 Å². The van der Waals surface area contributed by atoms with Crippen molar-refractivity contribution >= 4 is 0 Å². The van der Waals surface area contributed by atoms with Crippen molar-refractivity contribution in [2.75, 3.05) is 26.2 Å². The fourth-order valence-corrected chi connectivity index (χ4v) is 1.52. The molecule has 0 radical (unpaired) electrons. The van der Waals surface area contributed by atoms with Crippen molar-refractivity contribution in [1.82, 2.24) is 10.6 Å². The Morgan fingerprint density at radius 3 is 2.00 bits per heavy atom. The molecule has 0 saturated carbocycles. The van der Waals surface area contributed by atoms with Crippen molar-refractivity contribution in [3.63, 3.8) is 0 Å². The van der Waals surface area contributed by atoms with Gasteiger partial charge < -0.3 is 10.6 Å². The van der Waals surface area contributed by atoms with Gasteiger partial charge in [-0.25, -0.2) is 0 Å². The molecule has 0 fully saturated rings. The highest BCUT2D eigenvalue weighted by Gasteiger charge is 2.18. The zero-order valence-electron chi connectivity index (χ0n) is 12.0. The summed E-state index contributed by atoms with van der Waals surface area (Å²) in [5, 5.41) is 6.94. The van der Waals surface area contributed by atoms with Crippen LogP contribution in [0.2, 0.25) is 0 Å². The Morgan fingerprint density at radius 2 is 1.50 bits per heavy atom. The minimum Gasteiger partial charge on any atom is -0.317 e. The molecular weight excluding hydrogens is 196 g/mol. The van der Waals surface area contributed by atoms with E-state index < -0.39 is 0 Å². The van der Waals surface area contributed by atoms with E-state index in [2.05, 4.69) is 45.3 Å². The van der Waals surface area contributed by atoms with Crippen LogP contribution in [0.25, 0.3) is 0 Å². The number of hydrogen-bond donors (Lipinski definition) is 2. The summed E-state index contributed by atoms with van der Waals surface area (Å²) in [4.78, 5) is 0. The summed E-state index contributed by atoms with van der Waals surface area (Å²) in [5.74, 6) is 0.790. The Labute approximate surface area is 103 Å². The van der Waals surface area contributed by atoms with Crippen LogP contribution in [0.1, 0.15) is 53.9 Å². The fraction of sp³-hybridized carbons (Fsp3) is 1.00. The van der Waals surface area contributed by atoms with Gasteiger partial charge in [0.15, 0.2) is 0 Å². The summed E-state index contributed by atoms with van der Waals surface area (Å²) in [6, 6.07) is 0. The largest absolute Gasteiger partial charge is 0.317 e. The third-order valence-corrected chi connectivity index (χ3v) is 3.37. The lowest BCUT2D eigenvalue weighted by molar-refractivity contribution is 0.245. The highest BCUT2D eigenvalue weighted by atomic mass is 14.9. The Bertz CT molecular complexity index is 149. The topological polar surface area (TPSA) is 24.1 Å². The third kappa shape index (κ3) is 9.17. The molecular formula is C14H32N2. The van der Waals surface area contributed by atoms with Gasteiger partial charge in [0.2, 0.25) is 0 Å². The second kappa shape index (κ2) is 9.00. The van der Waals surface area contributed by atoms with Crippen LogP contribution < -0.4 is 10.6 Å². The predicted octanol–water partition coefficient (Wildman–Crippen LogP) is 3.04. The van der Waals surface area contributed by atoms with Crippen LogP contribution in [0, 0.1) is 11.3 Å². The van der Waals surface area contributed by atoms with Crippen LogP contribution in [0.15, 0.2) is 0 Å². The molecule has 0 rings (SSSR count). The molecule has 0 aliphatic rings. The molecule has 0 aliphatic heterocycles. The molecule has 16 heavy (non-hydrogen) atoms. The van der Waals surface area contributed by atoms with Gasteiger partial charge in [-0.1, -0.05) is 34.6 Å². The van der Waals surface area contributed by atoms with Crippen molar-refractivity contribution in [2.24, 2.45) is 11.3 Å². The van der Waals surface area contributed by atoms with Crippen LogP contribution in [-0.2, 0) is 0 Å². The normalized spacial score (nSPS) is 14.1. The van der Waals surface area contributed by atoms with E-state index in [1.165, 1.54) is 19.3 Å². The van der Waals surface area contributed by atoms with E-state index in [-0.39, 0.29) is 0 Å². The van der Waals surface area contributed by atoms with E-state index in [9.17, 15) is 0 Å². The smallest absolute Gasteiger partial charge is 0.00368 e. The van der Waals surface area contributed by atoms with Crippen LogP contribution in [0.3, 0.4) is 0 Å². The maximum Gasteiger partial charge on any atom is -0.00368 e. The average molecular weight is 228 g/mol. The van der Waals surface area contributed by atoms with Gasteiger partial charge in [0, 0.05) is 0 Å². The van der Waals surface area contributed by atoms with Gasteiger partial charge in [0.05, 0.1) is 0 Å². The summed E-state index contributed by atoms with van der Waals surface area (Å²) in [6.07, 6.45) is 3.76. The molecule has 2 N–H and O–H groups in total. The third-order valence-electron chi connectivity index (χ3n) is 3.37. The molecule has 0 aromatic carbocycles. The molecule has 0 aromatic rings. The maximum absolute atomic E-state index is 3.53. The van der Waals surface area contributed by atoms with Crippen molar-refractivity contribution in [3.05, 3.63) is 0 Å². The number of nitrogens with one attached hydrogen (secondary N) is 2. The summed E-state index contributed by atoms with van der Waals surface area (Å²) < 4.78 is 0. The molecule has 0 heterocycles. The first-order chi connectivity index (χ1) is 7.48. The predicted molar refractivity (Wildman–Crippen MR) is 73.9 cm³/mol. The van der Waals surface area contributed by atoms with E-state index >= 15 is 0 Å². The summed E-state index contributed by atoms with van der Waals surface area (Å²) in [5.41, 5.74) is 0.449. The van der Waals surface area contributed by atoms with Gasteiger partial charge in [-0.15, -0.1) is 0 Å². The molecule has 2 nitrogen and oxygen atoms in total. The van der Waals surface area contributed by atoms with E-state index in [1.54, 1.807) is 0 Å². The first-order valence-electron chi connectivity index (χ1n) is 6.90.